The van der Waals surface area contributed by atoms with Crippen molar-refractivity contribution in [2.45, 2.75) is 33.1 Å². The largest absolute Gasteiger partial charge is 0.359 e. The lowest BCUT2D eigenvalue weighted by Gasteiger charge is -2.14. The van der Waals surface area contributed by atoms with Gasteiger partial charge in [-0.05, 0) is 6.92 Å². The first-order chi connectivity index (χ1) is 7.34. The minimum absolute atomic E-state index is 0.105. The molecule has 0 aliphatic heterocycles. The highest BCUT2D eigenvalue weighted by Crippen LogP contribution is 2.24. The topological polar surface area (TPSA) is 58.4 Å². The number of nitrogens with one attached hydrogen (secondary N) is 1. The van der Waals surface area contributed by atoms with Crippen molar-refractivity contribution in [2.75, 3.05) is 18.9 Å². The van der Waals surface area contributed by atoms with E-state index in [9.17, 15) is 4.79 Å². The average molecular weight is 225 g/mol. The van der Waals surface area contributed by atoms with E-state index in [1.54, 1.807) is 18.0 Å². The van der Waals surface area contributed by atoms with E-state index in [1.807, 2.05) is 27.7 Å². The standard InChI is InChI=1S/C11H19N3O2/c1-6-14(5)10(15)12-9-7-8(16-13-9)11(2,3)4/h7H,6H2,1-5H3,(H,12,13,15). The van der Waals surface area contributed by atoms with Gasteiger partial charge in [0.1, 0.15) is 5.76 Å². The second kappa shape index (κ2) is 4.55. The zero-order valence-corrected chi connectivity index (χ0v) is 10.5. The Kier molecular flexibility index (Phi) is 3.57. The first kappa shape index (κ1) is 12.5. The summed E-state index contributed by atoms with van der Waals surface area (Å²) in [4.78, 5) is 13.1. The zero-order chi connectivity index (χ0) is 12.3. The van der Waals surface area contributed by atoms with E-state index >= 15 is 0 Å². The summed E-state index contributed by atoms with van der Waals surface area (Å²) in [5, 5.41) is 6.47. The predicted octanol–water partition coefficient (Wildman–Crippen LogP) is 2.46. The van der Waals surface area contributed by atoms with Crippen LogP contribution in [0.2, 0.25) is 0 Å². The summed E-state index contributed by atoms with van der Waals surface area (Å²) in [5.74, 6) is 1.21. The molecule has 0 bridgehead atoms. The van der Waals surface area contributed by atoms with Gasteiger partial charge in [-0.1, -0.05) is 25.9 Å². The summed E-state index contributed by atoms with van der Waals surface area (Å²) in [6, 6.07) is 1.57. The van der Waals surface area contributed by atoms with E-state index in [0.717, 1.165) is 5.76 Å². The van der Waals surface area contributed by atoms with Crippen LogP contribution in [0.3, 0.4) is 0 Å². The van der Waals surface area contributed by atoms with Gasteiger partial charge in [-0.2, -0.15) is 0 Å². The Hall–Kier alpha value is -1.52. The quantitative estimate of drug-likeness (QED) is 0.841. The Morgan fingerprint density at radius 3 is 2.62 bits per heavy atom. The van der Waals surface area contributed by atoms with Crippen LogP contribution in [0.25, 0.3) is 0 Å². The highest BCUT2D eigenvalue weighted by atomic mass is 16.5. The number of amides is 2. The minimum atomic E-state index is -0.184. The van der Waals surface area contributed by atoms with Crippen LogP contribution in [-0.2, 0) is 5.41 Å². The normalized spacial score (nSPS) is 11.3. The molecular weight excluding hydrogens is 206 g/mol. The summed E-state index contributed by atoms with van der Waals surface area (Å²) in [6.07, 6.45) is 0. The van der Waals surface area contributed by atoms with Crippen molar-refractivity contribution in [1.29, 1.82) is 0 Å². The van der Waals surface area contributed by atoms with Gasteiger partial charge in [-0.3, -0.25) is 5.32 Å². The molecule has 5 nitrogen and oxygen atoms in total. The molecule has 0 aliphatic carbocycles. The molecule has 1 aromatic rings. The molecule has 0 fully saturated rings. The molecule has 0 saturated carbocycles. The summed E-state index contributed by atoms with van der Waals surface area (Å²) >= 11 is 0. The molecule has 0 atom stereocenters. The highest BCUT2D eigenvalue weighted by molar-refractivity contribution is 5.88. The van der Waals surface area contributed by atoms with Crippen LogP contribution in [0.1, 0.15) is 33.5 Å². The molecule has 90 valence electrons. The maximum atomic E-state index is 11.5. The molecule has 0 radical (unpaired) electrons. The number of nitrogens with zero attached hydrogens (tertiary/aromatic N) is 2. The number of aromatic nitrogens is 1. The lowest BCUT2D eigenvalue weighted by Crippen LogP contribution is -2.31. The minimum Gasteiger partial charge on any atom is -0.359 e. The fourth-order valence-corrected chi connectivity index (χ4v) is 1.04. The number of hydrogen-bond acceptors (Lipinski definition) is 3. The molecule has 0 aromatic carbocycles. The predicted molar refractivity (Wildman–Crippen MR) is 62.5 cm³/mol. The van der Waals surface area contributed by atoms with Crippen LogP contribution < -0.4 is 5.32 Å². The highest BCUT2D eigenvalue weighted by Gasteiger charge is 2.20. The second-order valence-electron chi connectivity index (χ2n) is 4.77. The van der Waals surface area contributed by atoms with Crippen molar-refractivity contribution in [3.63, 3.8) is 0 Å². The third kappa shape index (κ3) is 2.98. The summed E-state index contributed by atoms with van der Waals surface area (Å²) in [6.45, 7) is 8.63. The molecule has 0 saturated heterocycles. The first-order valence-corrected chi connectivity index (χ1v) is 5.34. The van der Waals surface area contributed by atoms with Crippen LogP contribution >= 0.6 is 0 Å². The van der Waals surface area contributed by atoms with Crippen LogP contribution in [0.15, 0.2) is 10.6 Å². The summed E-state index contributed by atoms with van der Waals surface area (Å²) in [5.41, 5.74) is -0.105. The van der Waals surface area contributed by atoms with E-state index < -0.39 is 0 Å². The SMILES string of the molecule is CCN(C)C(=O)Nc1cc(C(C)(C)C)on1. The molecule has 16 heavy (non-hydrogen) atoms. The fourth-order valence-electron chi connectivity index (χ4n) is 1.04. The number of urea groups is 1. The molecular formula is C11H19N3O2. The lowest BCUT2D eigenvalue weighted by molar-refractivity contribution is 0.224. The van der Waals surface area contributed by atoms with E-state index in [-0.39, 0.29) is 11.4 Å². The molecule has 2 amide bonds. The molecule has 1 heterocycles. The third-order valence-electron chi connectivity index (χ3n) is 2.31. The maximum absolute atomic E-state index is 11.5. The monoisotopic (exact) mass is 225 g/mol. The van der Waals surface area contributed by atoms with Gasteiger partial charge >= 0.3 is 6.03 Å². The van der Waals surface area contributed by atoms with Crippen molar-refractivity contribution in [1.82, 2.24) is 10.1 Å². The van der Waals surface area contributed by atoms with Gasteiger partial charge in [0, 0.05) is 25.1 Å². The summed E-state index contributed by atoms with van der Waals surface area (Å²) in [7, 11) is 1.72. The number of carbonyl (C=O) groups is 1. The van der Waals surface area contributed by atoms with E-state index in [2.05, 4.69) is 10.5 Å². The van der Waals surface area contributed by atoms with E-state index in [1.165, 1.54) is 0 Å². The van der Waals surface area contributed by atoms with E-state index in [0.29, 0.717) is 12.4 Å². The lowest BCUT2D eigenvalue weighted by atomic mass is 9.93. The number of rotatable bonds is 2. The number of anilines is 1. The van der Waals surface area contributed by atoms with Gasteiger partial charge in [0.25, 0.3) is 0 Å². The Balaban J connectivity index is 2.70. The maximum Gasteiger partial charge on any atom is 0.322 e. The Morgan fingerprint density at radius 2 is 2.19 bits per heavy atom. The first-order valence-electron chi connectivity index (χ1n) is 5.34. The molecule has 0 spiro atoms. The van der Waals surface area contributed by atoms with Crippen LogP contribution in [-0.4, -0.2) is 29.7 Å². The number of hydrogen-bond donors (Lipinski definition) is 1. The zero-order valence-electron chi connectivity index (χ0n) is 10.5. The molecule has 5 heteroatoms. The van der Waals surface area contributed by atoms with Gasteiger partial charge in [0.05, 0.1) is 0 Å². The van der Waals surface area contributed by atoms with Crippen molar-refractivity contribution < 1.29 is 9.32 Å². The van der Waals surface area contributed by atoms with Crippen molar-refractivity contribution in [3.05, 3.63) is 11.8 Å². The molecule has 1 rings (SSSR count). The van der Waals surface area contributed by atoms with Crippen molar-refractivity contribution in [2.24, 2.45) is 0 Å². The molecule has 1 aromatic heterocycles. The second-order valence-corrected chi connectivity index (χ2v) is 4.77. The van der Waals surface area contributed by atoms with Crippen molar-refractivity contribution >= 4 is 11.8 Å². The fraction of sp³-hybridized carbons (Fsp3) is 0.636. The van der Waals surface area contributed by atoms with Gasteiger partial charge in [0.2, 0.25) is 0 Å². The molecule has 0 unspecified atom stereocenters. The summed E-state index contributed by atoms with van der Waals surface area (Å²) < 4.78 is 5.16. The van der Waals surface area contributed by atoms with Crippen molar-refractivity contribution in [3.8, 4) is 0 Å². The van der Waals surface area contributed by atoms with Gasteiger partial charge in [0.15, 0.2) is 5.82 Å². The van der Waals surface area contributed by atoms with Gasteiger partial charge in [-0.15, -0.1) is 0 Å². The van der Waals surface area contributed by atoms with Crippen LogP contribution in [0, 0.1) is 0 Å². The Bertz CT molecular complexity index is 366. The Morgan fingerprint density at radius 1 is 1.56 bits per heavy atom. The number of carbonyl (C=O) groups excluding carboxylic acids is 1. The van der Waals surface area contributed by atoms with Gasteiger partial charge in [-0.25, -0.2) is 4.79 Å². The smallest absolute Gasteiger partial charge is 0.322 e. The van der Waals surface area contributed by atoms with Crippen LogP contribution in [0.4, 0.5) is 10.6 Å². The molecule has 1 N–H and O–H groups in total. The molecule has 0 aliphatic rings. The van der Waals surface area contributed by atoms with E-state index in [4.69, 9.17) is 4.52 Å². The average Bonchev–Trinajstić information content (AvgIpc) is 2.64. The third-order valence-corrected chi connectivity index (χ3v) is 2.31. The van der Waals surface area contributed by atoms with Gasteiger partial charge < -0.3 is 9.42 Å². The van der Waals surface area contributed by atoms with Crippen LogP contribution in [0.5, 0.6) is 0 Å². The Labute approximate surface area is 95.8 Å².